The third-order valence-corrected chi connectivity index (χ3v) is 6.04. The molecule has 0 aromatic heterocycles. The molecule has 162 valence electrons. The Labute approximate surface area is 209 Å². The molecule has 0 spiro atoms. The zero-order chi connectivity index (χ0) is 23.3. The summed E-state index contributed by atoms with van der Waals surface area (Å²) >= 11 is 22.2. The Bertz CT molecular complexity index is 1210. The van der Waals surface area contributed by atoms with Gasteiger partial charge in [-0.3, -0.25) is 4.79 Å². The van der Waals surface area contributed by atoms with Crippen molar-refractivity contribution < 1.29 is 9.53 Å². The second kappa shape index (κ2) is 10.9. The van der Waals surface area contributed by atoms with E-state index in [1.165, 1.54) is 6.08 Å². The summed E-state index contributed by atoms with van der Waals surface area (Å²) in [6.45, 7) is 2.05. The number of anilines is 1. The molecule has 0 bridgehead atoms. The maximum atomic E-state index is 12.6. The van der Waals surface area contributed by atoms with Crippen LogP contribution in [0.5, 0.6) is 5.75 Å². The molecule has 3 aromatic carbocycles. The second-order valence-electron chi connectivity index (χ2n) is 6.75. The second-order valence-corrected chi connectivity index (χ2v) is 8.83. The summed E-state index contributed by atoms with van der Waals surface area (Å²) in [5, 5.41) is 13.5. The highest BCUT2D eigenvalue weighted by Crippen LogP contribution is 2.36. The van der Waals surface area contributed by atoms with Crippen LogP contribution in [-0.2, 0) is 11.4 Å². The topological polar surface area (TPSA) is 62.1 Å². The van der Waals surface area contributed by atoms with E-state index in [2.05, 4.69) is 21.2 Å². The van der Waals surface area contributed by atoms with Crippen LogP contribution in [0.25, 0.3) is 6.08 Å². The number of hydrogen-bond donors (Lipinski definition) is 1. The van der Waals surface area contributed by atoms with Crippen molar-refractivity contribution >= 4 is 68.4 Å². The molecule has 0 unspecified atom stereocenters. The van der Waals surface area contributed by atoms with Gasteiger partial charge in [-0.2, -0.15) is 5.26 Å². The molecule has 1 N–H and O–H groups in total. The van der Waals surface area contributed by atoms with Crippen LogP contribution >= 0.6 is 50.7 Å². The number of carbonyl (C=O) groups is 1. The summed E-state index contributed by atoms with van der Waals surface area (Å²) in [4.78, 5) is 12.6. The lowest BCUT2D eigenvalue weighted by Gasteiger charge is -2.12. The van der Waals surface area contributed by atoms with E-state index in [-0.39, 0.29) is 12.2 Å². The number of rotatable bonds is 6. The van der Waals surface area contributed by atoms with Gasteiger partial charge in [0.05, 0.1) is 20.2 Å². The van der Waals surface area contributed by atoms with Crippen molar-refractivity contribution in [1.82, 2.24) is 0 Å². The van der Waals surface area contributed by atoms with Gasteiger partial charge < -0.3 is 10.1 Å². The number of hydrogen-bond acceptors (Lipinski definition) is 3. The first kappa shape index (κ1) is 24.2. The highest BCUT2D eigenvalue weighted by Gasteiger charge is 2.15. The SMILES string of the molecule is Cc1cccc(Cl)c1NC(=O)/C(C#N)=C/c1cc(Cl)c(OCc2ccccc2Cl)c(Br)c1. The van der Waals surface area contributed by atoms with E-state index >= 15 is 0 Å². The van der Waals surface area contributed by atoms with Crippen LogP contribution < -0.4 is 10.1 Å². The lowest BCUT2D eigenvalue weighted by Crippen LogP contribution is -2.14. The molecule has 3 aromatic rings. The number of para-hydroxylation sites is 1. The lowest BCUT2D eigenvalue weighted by atomic mass is 10.1. The first-order chi connectivity index (χ1) is 15.3. The Hall–Kier alpha value is -2.49. The number of nitriles is 1. The van der Waals surface area contributed by atoms with E-state index < -0.39 is 5.91 Å². The summed E-state index contributed by atoms with van der Waals surface area (Å²) < 4.78 is 6.40. The first-order valence-corrected chi connectivity index (χ1v) is 11.3. The molecule has 0 fully saturated rings. The number of nitrogens with zero attached hydrogens (tertiary/aromatic N) is 1. The van der Waals surface area contributed by atoms with Crippen LogP contribution in [-0.4, -0.2) is 5.91 Å². The summed E-state index contributed by atoms with van der Waals surface area (Å²) in [5.41, 5.74) is 2.52. The molecule has 3 rings (SSSR count). The summed E-state index contributed by atoms with van der Waals surface area (Å²) in [6, 6.07) is 17.8. The van der Waals surface area contributed by atoms with Crippen LogP contribution in [0.2, 0.25) is 15.1 Å². The molecule has 0 atom stereocenters. The highest BCUT2D eigenvalue weighted by molar-refractivity contribution is 9.10. The molecule has 0 aliphatic rings. The third-order valence-electron chi connectivity index (χ3n) is 4.49. The van der Waals surface area contributed by atoms with E-state index in [1.54, 1.807) is 30.3 Å². The fourth-order valence-corrected chi connectivity index (χ4v) is 4.30. The minimum Gasteiger partial charge on any atom is -0.486 e. The van der Waals surface area contributed by atoms with Crippen molar-refractivity contribution in [1.29, 1.82) is 5.26 Å². The fraction of sp³-hybridized carbons (Fsp3) is 0.0833. The van der Waals surface area contributed by atoms with Gasteiger partial charge in [-0.25, -0.2) is 0 Å². The molecule has 8 heteroatoms. The zero-order valence-electron chi connectivity index (χ0n) is 16.8. The monoisotopic (exact) mass is 548 g/mol. The Morgan fingerprint density at radius 1 is 1.09 bits per heavy atom. The Kier molecular flexibility index (Phi) is 8.22. The largest absolute Gasteiger partial charge is 0.486 e. The van der Waals surface area contributed by atoms with E-state index in [0.717, 1.165) is 11.1 Å². The molecule has 4 nitrogen and oxygen atoms in total. The number of aryl methyl sites for hydroxylation is 1. The van der Waals surface area contributed by atoms with Gasteiger partial charge in [0.25, 0.3) is 5.91 Å². The van der Waals surface area contributed by atoms with Crippen molar-refractivity contribution in [2.75, 3.05) is 5.32 Å². The predicted octanol–water partition coefficient (Wildman–Crippen LogP) is 7.84. The number of ether oxygens (including phenoxy) is 1. The minimum absolute atomic E-state index is 0.1000. The number of nitrogens with one attached hydrogen (secondary N) is 1. The minimum atomic E-state index is -0.574. The normalized spacial score (nSPS) is 11.1. The van der Waals surface area contributed by atoms with Crippen LogP contribution in [0.3, 0.4) is 0 Å². The number of amides is 1. The van der Waals surface area contributed by atoms with E-state index in [1.807, 2.05) is 37.3 Å². The summed E-state index contributed by atoms with van der Waals surface area (Å²) in [7, 11) is 0. The first-order valence-electron chi connectivity index (χ1n) is 9.33. The third kappa shape index (κ3) is 5.85. The van der Waals surface area contributed by atoms with Gasteiger partial charge in [-0.1, -0.05) is 65.1 Å². The molecule has 0 heterocycles. The molecule has 0 radical (unpaired) electrons. The molecule has 0 saturated carbocycles. The molecule has 0 saturated heterocycles. The number of halogens is 4. The molecule has 1 amide bonds. The van der Waals surface area contributed by atoms with Gasteiger partial charge in [0, 0.05) is 10.6 Å². The van der Waals surface area contributed by atoms with Crippen LogP contribution in [0.1, 0.15) is 16.7 Å². The standard InChI is InChI=1S/C24H16BrCl3N2O2/c1-14-5-4-8-20(27)22(14)30-24(31)17(12-29)9-15-10-18(25)23(21(28)11-15)32-13-16-6-2-3-7-19(16)26/h2-11H,13H2,1H3,(H,30,31)/b17-9+. The average Bonchev–Trinajstić information content (AvgIpc) is 2.75. The van der Waals surface area contributed by atoms with Crippen molar-refractivity contribution in [2.45, 2.75) is 13.5 Å². The molecule has 32 heavy (non-hydrogen) atoms. The van der Waals surface area contributed by atoms with Crippen molar-refractivity contribution in [3.63, 3.8) is 0 Å². The van der Waals surface area contributed by atoms with Crippen LogP contribution in [0.15, 0.2) is 64.6 Å². The molecular weight excluding hydrogens is 535 g/mol. The van der Waals surface area contributed by atoms with E-state index in [0.29, 0.717) is 36.5 Å². The zero-order valence-corrected chi connectivity index (χ0v) is 20.6. The van der Waals surface area contributed by atoms with E-state index in [9.17, 15) is 10.1 Å². The smallest absolute Gasteiger partial charge is 0.266 e. The van der Waals surface area contributed by atoms with Crippen molar-refractivity contribution in [3.8, 4) is 11.8 Å². The molecular formula is C24H16BrCl3N2O2. The van der Waals surface area contributed by atoms with Gasteiger partial charge in [-0.05, 0) is 64.3 Å². The van der Waals surface area contributed by atoms with Crippen molar-refractivity contribution in [2.24, 2.45) is 0 Å². The summed E-state index contributed by atoms with van der Waals surface area (Å²) in [6.07, 6.45) is 1.44. The fourth-order valence-electron chi connectivity index (χ4n) is 2.85. The van der Waals surface area contributed by atoms with Gasteiger partial charge in [0.2, 0.25) is 0 Å². The maximum Gasteiger partial charge on any atom is 0.266 e. The summed E-state index contributed by atoms with van der Waals surface area (Å²) in [5.74, 6) is -0.145. The quantitative estimate of drug-likeness (QED) is 0.251. The molecule has 0 aliphatic carbocycles. The Morgan fingerprint density at radius 2 is 1.81 bits per heavy atom. The Morgan fingerprint density at radius 3 is 2.47 bits per heavy atom. The maximum absolute atomic E-state index is 12.6. The number of carbonyl (C=O) groups excluding carboxylic acids is 1. The average molecular weight is 551 g/mol. The lowest BCUT2D eigenvalue weighted by molar-refractivity contribution is -0.112. The highest BCUT2D eigenvalue weighted by atomic mass is 79.9. The van der Waals surface area contributed by atoms with Gasteiger partial charge >= 0.3 is 0 Å². The number of benzene rings is 3. The van der Waals surface area contributed by atoms with Gasteiger partial charge in [0.15, 0.2) is 5.75 Å². The van der Waals surface area contributed by atoms with Crippen LogP contribution in [0.4, 0.5) is 5.69 Å². The van der Waals surface area contributed by atoms with E-state index in [4.69, 9.17) is 39.5 Å². The van der Waals surface area contributed by atoms with Crippen LogP contribution in [0, 0.1) is 18.3 Å². The predicted molar refractivity (Wildman–Crippen MR) is 133 cm³/mol. The van der Waals surface area contributed by atoms with Gasteiger partial charge in [0.1, 0.15) is 18.2 Å². The Balaban J connectivity index is 1.81. The molecule has 0 aliphatic heterocycles. The van der Waals surface area contributed by atoms with Crippen molar-refractivity contribution in [3.05, 3.63) is 96.4 Å². The van der Waals surface area contributed by atoms with Gasteiger partial charge in [-0.15, -0.1) is 0 Å².